The van der Waals surface area contributed by atoms with Gasteiger partial charge in [0, 0.05) is 37.0 Å². The lowest BCUT2D eigenvalue weighted by molar-refractivity contribution is -0.116. The second kappa shape index (κ2) is 9.74. The number of aromatic nitrogens is 4. The van der Waals surface area contributed by atoms with Crippen LogP contribution in [0, 0.1) is 0 Å². The number of pyridine rings is 1. The molecular formula is C24H24N6O2. The van der Waals surface area contributed by atoms with Gasteiger partial charge in [-0.2, -0.15) is 0 Å². The number of nitrogen functional groups attached to an aromatic ring is 1. The van der Waals surface area contributed by atoms with Gasteiger partial charge in [0.15, 0.2) is 0 Å². The second-order valence-electron chi connectivity index (χ2n) is 7.35. The molecule has 0 unspecified atom stereocenters. The molecule has 0 spiro atoms. The predicted molar refractivity (Wildman–Crippen MR) is 123 cm³/mol. The van der Waals surface area contributed by atoms with Gasteiger partial charge >= 0.3 is 0 Å². The molecule has 0 radical (unpaired) electrons. The number of hydrogen-bond donors (Lipinski definition) is 2. The highest BCUT2D eigenvalue weighted by Crippen LogP contribution is 2.27. The molecule has 0 aliphatic carbocycles. The van der Waals surface area contributed by atoms with Gasteiger partial charge in [0.25, 0.3) is 0 Å². The van der Waals surface area contributed by atoms with E-state index in [0.29, 0.717) is 24.3 Å². The highest BCUT2D eigenvalue weighted by Gasteiger charge is 2.10. The Balaban J connectivity index is 1.33. The highest BCUT2D eigenvalue weighted by atomic mass is 16.5. The summed E-state index contributed by atoms with van der Waals surface area (Å²) >= 11 is 0. The molecule has 2 heterocycles. The third-order valence-corrected chi connectivity index (χ3v) is 5.02. The van der Waals surface area contributed by atoms with E-state index in [1.54, 1.807) is 30.3 Å². The number of nitrogens with two attached hydrogens (primary N) is 1. The fraction of sp³-hybridized carbons (Fsp3) is 0.167. The summed E-state index contributed by atoms with van der Waals surface area (Å²) < 4.78 is 6.93. The van der Waals surface area contributed by atoms with Crippen LogP contribution in [0.4, 0.5) is 11.4 Å². The van der Waals surface area contributed by atoms with Crippen molar-refractivity contribution in [2.24, 2.45) is 0 Å². The maximum atomic E-state index is 12.5. The van der Waals surface area contributed by atoms with Crippen LogP contribution in [0.5, 0.6) is 5.75 Å². The zero-order chi connectivity index (χ0) is 22.3. The fourth-order valence-corrected chi connectivity index (χ4v) is 3.28. The Bertz CT molecular complexity index is 1190. The number of carbonyl (C=O) groups excluding carboxylic acids is 1. The van der Waals surface area contributed by atoms with Crippen LogP contribution in [0.25, 0.3) is 11.1 Å². The zero-order valence-corrected chi connectivity index (χ0v) is 17.7. The Morgan fingerprint density at radius 1 is 1.12 bits per heavy atom. The third-order valence-electron chi connectivity index (χ3n) is 5.02. The number of carbonyl (C=O) groups is 1. The fourth-order valence-electron chi connectivity index (χ4n) is 3.28. The van der Waals surface area contributed by atoms with E-state index < -0.39 is 0 Å². The van der Waals surface area contributed by atoms with Crippen molar-refractivity contribution in [3.8, 4) is 16.9 Å². The average Bonchev–Trinajstić information content (AvgIpc) is 3.27. The maximum absolute atomic E-state index is 12.5. The minimum atomic E-state index is -0.134. The summed E-state index contributed by atoms with van der Waals surface area (Å²) in [7, 11) is 1.64. The van der Waals surface area contributed by atoms with E-state index in [4.69, 9.17) is 10.5 Å². The van der Waals surface area contributed by atoms with Gasteiger partial charge in [0.1, 0.15) is 5.75 Å². The van der Waals surface area contributed by atoms with Crippen molar-refractivity contribution in [1.29, 1.82) is 0 Å². The number of ether oxygens (including phenoxy) is 1. The Kier molecular flexibility index (Phi) is 6.41. The van der Waals surface area contributed by atoms with Gasteiger partial charge in [-0.15, -0.1) is 5.10 Å². The first-order valence-corrected chi connectivity index (χ1v) is 10.2. The second-order valence-corrected chi connectivity index (χ2v) is 7.35. The Morgan fingerprint density at radius 2 is 1.97 bits per heavy atom. The number of rotatable bonds is 8. The number of nitrogens with zero attached hydrogens (tertiary/aromatic N) is 4. The molecule has 0 aliphatic heterocycles. The van der Waals surface area contributed by atoms with Crippen molar-refractivity contribution >= 4 is 17.3 Å². The number of amides is 1. The summed E-state index contributed by atoms with van der Waals surface area (Å²) in [5, 5.41) is 11.2. The first-order valence-electron chi connectivity index (χ1n) is 10.2. The lowest BCUT2D eigenvalue weighted by atomic mass is 10.1. The average molecular weight is 428 g/mol. The number of nitrogens with one attached hydrogen (secondary N) is 1. The van der Waals surface area contributed by atoms with E-state index in [1.165, 1.54) is 0 Å². The van der Waals surface area contributed by atoms with Gasteiger partial charge in [-0.25, -0.2) is 4.68 Å². The molecule has 8 nitrogen and oxygen atoms in total. The van der Waals surface area contributed by atoms with E-state index in [-0.39, 0.29) is 12.3 Å². The van der Waals surface area contributed by atoms with Crippen molar-refractivity contribution < 1.29 is 9.53 Å². The largest absolute Gasteiger partial charge is 0.497 e. The molecule has 0 aliphatic rings. The Hall–Kier alpha value is -4.20. The molecule has 2 aromatic carbocycles. The van der Waals surface area contributed by atoms with E-state index in [9.17, 15) is 4.79 Å². The molecule has 0 saturated heterocycles. The van der Waals surface area contributed by atoms with Crippen molar-refractivity contribution in [2.75, 3.05) is 18.2 Å². The molecule has 162 valence electrons. The molecule has 4 aromatic rings. The Labute approximate surface area is 186 Å². The van der Waals surface area contributed by atoms with Gasteiger partial charge in [-0.05, 0) is 41.5 Å². The number of anilines is 2. The first-order chi connectivity index (χ1) is 15.6. The molecule has 2 aromatic heterocycles. The standard InChI is InChI=1S/C24H24N6O2/c1-32-21-8-4-17(5-9-21)15-30-16-20(28-29-30)7-11-24(31)27-23-13-18(6-10-22(23)25)19-3-2-12-26-14-19/h2-6,8-10,12-14,16H,7,11,15,25H2,1H3,(H,27,31). The van der Waals surface area contributed by atoms with Crippen molar-refractivity contribution in [3.63, 3.8) is 0 Å². The zero-order valence-electron chi connectivity index (χ0n) is 17.7. The van der Waals surface area contributed by atoms with E-state index in [0.717, 1.165) is 28.1 Å². The molecule has 32 heavy (non-hydrogen) atoms. The lowest BCUT2D eigenvalue weighted by Gasteiger charge is -2.10. The molecule has 0 bridgehead atoms. The van der Waals surface area contributed by atoms with Crippen LogP contribution in [0.1, 0.15) is 17.7 Å². The lowest BCUT2D eigenvalue weighted by Crippen LogP contribution is -2.13. The van der Waals surface area contributed by atoms with Crippen molar-refractivity contribution in [2.45, 2.75) is 19.4 Å². The molecule has 4 rings (SSSR count). The van der Waals surface area contributed by atoms with Gasteiger partial charge in [0.05, 0.1) is 30.7 Å². The normalized spacial score (nSPS) is 10.7. The number of methoxy groups -OCH3 is 1. The molecule has 0 atom stereocenters. The summed E-state index contributed by atoms with van der Waals surface area (Å²) in [5.74, 6) is 0.676. The van der Waals surface area contributed by atoms with Gasteiger partial charge < -0.3 is 15.8 Å². The quantitative estimate of drug-likeness (QED) is 0.416. The predicted octanol–water partition coefficient (Wildman–Crippen LogP) is 3.55. The van der Waals surface area contributed by atoms with Crippen molar-refractivity contribution in [1.82, 2.24) is 20.0 Å². The van der Waals surface area contributed by atoms with Crippen LogP contribution >= 0.6 is 0 Å². The minimum absolute atomic E-state index is 0.134. The number of benzene rings is 2. The van der Waals surface area contributed by atoms with Crippen LogP contribution in [0.2, 0.25) is 0 Å². The molecule has 1 amide bonds. The molecule has 0 saturated carbocycles. The van der Waals surface area contributed by atoms with Gasteiger partial charge in [0.2, 0.25) is 5.91 Å². The maximum Gasteiger partial charge on any atom is 0.224 e. The van der Waals surface area contributed by atoms with Crippen LogP contribution in [0.15, 0.2) is 73.2 Å². The molecular weight excluding hydrogens is 404 g/mol. The topological polar surface area (TPSA) is 108 Å². The first kappa shape index (κ1) is 21.0. The smallest absolute Gasteiger partial charge is 0.224 e. The van der Waals surface area contributed by atoms with E-state index >= 15 is 0 Å². The van der Waals surface area contributed by atoms with Crippen LogP contribution < -0.4 is 15.8 Å². The minimum Gasteiger partial charge on any atom is -0.497 e. The summed E-state index contributed by atoms with van der Waals surface area (Å²) in [4.78, 5) is 16.6. The van der Waals surface area contributed by atoms with Crippen LogP contribution in [-0.4, -0.2) is 33.0 Å². The molecule has 3 N–H and O–H groups in total. The van der Waals surface area contributed by atoms with Crippen LogP contribution in [0.3, 0.4) is 0 Å². The van der Waals surface area contributed by atoms with E-state index in [2.05, 4.69) is 20.6 Å². The molecule has 8 heteroatoms. The van der Waals surface area contributed by atoms with E-state index in [1.807, 2.05) is 54.7 Å². The summed E-state index contributed by atoms with van der Waals surface area (Å²) in [5.41, 5.74) is 10.9. The summed E-state index contributed by atoms with van der Waals surface area (Å²) in [6, 6.07) is 17.2. The molecule has 0 fully saturated rings. The highest BCUT2D eigenvalue weighted by molar-refractivity contribution is 5.95. The summed E-state index contributed by atoms with van der Waals surface area (Å²) in [6.45, 7) is 0.598. The third kappa shape index (κ3) is 5.28. The monoisotopic (exact) mass is 428 g/mol. The van der Waals surface area contributed by atoms with Crippen LogP contribution in [-0.2, 0) is 17.8 Å². The Morgan fingerprint density at radius 3 is 2.72 bits per heavy atom. The van der Waals surface area contributed by atoms with Gasteiger partial charge in [-0.3, -0.25) is 9.78 Å². The SMILES string of the molecule is COc1ccc(Cn2cc(CCC(=O)Nc3cc(-c4cccnc4)ccc3N)nn2)cc1. The number of aryl methyl sites for hydroxylation is 1. The van der Waals surface area contributed by atoms with Crippen molar-refractivity contribution in [3.05, 3.63) is 84.4 Å². The summed E-state index contributed by atoms with van der Waals surface area (Å²) in [6.07, 6.45) is 6.10. The van der Waals surface area contributed by atoms with Gasteiger partial charge in [-0.1, -0.05) is 29.5 Å². The number of hydrogen-bond acceptors (Lipinski definition) is 6.